The minimum atomic E-state index is -0.862. The molecule has 2 heterocycles. The zero-order valence-electron chi connectivity index (χ0n) is 13.6. The number of carbonyl (C=O) groups is 2. The summed E-state index contributed by atoms with van der Waals surface area (Å²) >= 11 is 7.50. The van der Waals surface area contributed by atoms with E-state index in [1.54, 1.807) is 16.2 Å². The molecule has 9 heteroatoms. The van der Waals surface area contributed by atoms with Crippen molar-refractivity contribution >= 4 is 40.5 Å². The van der Waals surface area contributed by atoms with Crippen LogP contribution in [-0.2, 0) is 9.53 Å². The van der Waals surface area contributed by atoms with E-state index >= 15 is 0 Å². The van der Waals surface area contributed by atoms with Gasteiger partial charge in [0.15, 0.2) is 6.61 Å². The van der Waals surface area contributed by atoms with Gasteiger partial charge in [-0.1, -0.05) is 17.7 Å². The summed E-state index contributed by atoms with van der Waals surface area (Å²) in [4.78, 5) is 37.6. The number of non-ortho nitro benzene ring substituents is 1. The molecule has 1 aliphatic heterocycles. The number of esters is 1. The van der Waals surface area contributed by atoms with E-state index in [0.717, 1.165) is 23.8 Å². The van der Waals surface area contributed by atoms with Crippen molar-refractivity contribution in [3.8, 4) is 0 Å². The monoisotopic (exact) mass is 394 g/mol. The first-order valence-corrected chi connectivity index (χ1v) is 9.17. The van der Waals surface area contributed by atoms with E-state index in [0.29, 0.717) is 6.54 Å². The number of nitrogens with zero attached hydrogens (tertiary/aromatic N) is 2. The lowest BCUT2D eigenvalue weighted by molar-refractivity contribution is -0.384. The number of hydrogen-bond donors (Lipinski definition) is 0. The van der Waals surface area contributed by atoms with Gasteiger partial charge in [0, 0.05) is 23.6 Å². The SMILES string of the molecule is O=C(OCC(=O)N1CCCC1c1cccs1)c1cc([N+](=O)[O-])ccc1Cl. The van der Waals surface area contributed by atoms with E-state index in [9.17, 15) is 19.7 Å². The Hall–Kier alpha value is -2.45. The smallest absolute Gasteiger partial charge is 0.340 e. The Labute approximate surface area is 158 Å². The van der Waals surface area contributed by atoms with Gasteiger partial charge in [-0.15, -0.1) is 11.3 Å². The summed E-state index contributed by atoms with van der Waals surface area (Å²) in [6.45, 7) is 0.177. The molecule has 7 nitrogen and oxygen atoms in total. The standard InChI is InChI=1S/C17H15ClN2O5S/c18-13-6-5-11(20(23)24)9-12(13)17(22)25-10-16(21)19-7-1-3-14(19)15-4-2-8-26-15/h2,4-6,8-9,14H,1,3,7,10H2. The second kappa shape index (κ2) is 7.84. The fourth-order valence-corrected chi connectivity index (χ4v) is 3.98. The number of likely N-dealkylation sites (tertiary alicyclic amines) is 1. The van der Waals surface area contributed by atoms with Crippen LogP contribution in [-0.4, -0.2) is 34.9 Å². The van der Waals surface area contributed by atoms with Crippen LogP contribution in [0.5, 0.6) is 0 Å². The quantitative estimate of drug-likeness (QED) is 0.436. The number of benzene rings is 1. The van der Waals surface area contributed by atoms with Gasteiger partial charge in [0.2, 0.25) is 0 Å². The maximum absolute atomic E-state index is 12.5. The van der Waals surface area contributed by atoms with Crippen LogP contribution in [0, 0.1) is 10.1 Å². The van der Waals surface area contributed by atoms with Crippen LogP contribution in [0.2, 0.25) is 5.02 Å². The van der Waals surface area contributed by atoms with Crippen LogP contribution in [0.1, 0.15) is 34.1 Å². The minimum Gasteiger partial charge on any atom is -0.452 e. The number of thiophene rings is 1. The lowest BCUT2D eigenvalue weighted by atomic mass is 10.2. The van der Waals surface area contributed by atoms with Gasteiger partial charge in [-0.3, -0.25) is 14.9 Å². The van der Waals surface area contributed by atoms with Crippen molar-refractivity contribution in [3.05, 3.63) is 61.3 Å². The summed E-state index contributed by atoms with van der Waals surface area (Å²) in [5.41, 5.74) is -0.408. The van der Waals surface area contributed by atoms with Gasteiger partial charge < -0.3 is 9.64 Å². The van der Waals surface area contributed by atoms with Crippen LogP contribution < -0.4 is 0 Å². The third kappa shape index (κ3) is 3.86. The molecule has 1 amide bonds. The normalized spacial score (nSPS) is 16.5. The number of halogens is 1. The van der Waals surface area contributed by atoms with Crippen LogP contribution >= 0.6 is 22.9 Å². The zero-order valence-corrected chi connectivity index (χ0v) is 15.2. The largest absolute Gasteiger partial charge is 0.452 e. The first-order valence-electron chi connectivity index (χ1n) is 7.91. The highest BCUT2D eigenvalue weighted by Crippen LogP contribution is 2.34. The van der Waals surface area contributed by atoms with Gasteiger partial charge >= 0.3 is 5.97 Å². The molecule has 0 saturated carbocycles. The topological polar surface area (TPSA) is 89.8 Å². The van der Waals surface area contributed by atoms with Crippen molar-refractivity contribution in [2.45, 2.75) is 18.9 Å². The summed E-state index contributed by atoms with van der Waals surface area (Å²) < 4.78 is 5.05. The second-order valence-corrected chi connectivity index (χ2v) is 7.14. The van der Waals surface area contributed by atoms with Crippen molar-refractivity contribution in [2.24, 2.45) is 0 Å². The maximum atomic E-state index is 12.5. The summed E-state index contributed by atoms with van der Waals surface area (Å²) in [6, 6.07) is 7.41. The van der Waals surface area contributed by atoms with E-state index in [-0.39, 0.29) is 28.2 Å². The molecule has 1 aromatic carbocycles. The highest BCUT2D eigenvalue weighted by Gasteiger charge is 2.31. The molecular weight excluding hydrogens is 380 g/mol. The molecule has 0 spiro atoms. The van der Waals surface area contributed by atoms with Gasteiger partial charge in [-0.25, -0.2) is 4.79 Å². The summed E-state index contributed by atoms with van der Waals surface area (Å²) in [5.74, 6) is -1.16. The first-order chi connectivity index (χ1) is 12.5. The minimum absolute atomic E-state index is 0.00241. The number of hydrogen-bond acceptors (Lipinski definition) is 6. The molecule has 1 atom stereocenters. The van der Waals surface area contributed by atoms with Crippen LogP contribution in [0.15, 0.2) is 35.7 Å². The zero-order chi connectivity index (χ0) is 18.7. The molecule has 26 heavy (non-hydrogen) atoms. The fraction of sp³-hybridized carbons (Fsp3) is 0.294. The van der Waals surface area contributed by atoms with Gasteiger partial charge in [-0.2, -0.15) is 0 Å². The van der Waals surface area contributed by atoms with Crippen LogP contribution in [0.4, 0.5) is 5.69 Å². The van der Waals surface area contributed by atoms with Crippen molar-refractivity contribution in [3.63, 3.8) is 0 Å². The molecular formula is C17H15ClN2O5S. The number of amides is 1. The van der Waals surface area contributed by atoms with Gasteiger partial charge in [0.1, 0.15) is 0 Å². The van der Waals surface area contributed by atoms with E-state index < -0.39 is 17.5 Å². The lowest BCUT2D eigenvalue weighted by Crippen LogP contribution is -2.34. The molecule has 1 unspecified atom stereocenters. The molecule has 1 aliphatic rings. The van der Waals surface area contributed by atoms with Gasteiger partial charge in [0.25, 0.3) is 11.6 Å². The van der Waals surface area contributed by atoms with E-state index in [4.69, 9.17) is 16.3 Å². The van der Waals surface area contributed by atoms with Gasteiger partial charge in [-0.05, 0) is 30.4 Å². The molecule has 1 fully saturated rings. The predicted octanol–water partition coefficient (Wildman–Crippen LogP) is 3.83. The maximum Gasteiger partial charge on any atom is 0.340 e. The molecule has 0 radical (unpaired) electrons. The molecule has 1 saturated heterocycles. The molecule has 0 N–H and O–H groups in total. The average molecular weight is 395 g/mol. The summed E-state index contributed by atoms with van der Waals surface area (Å²) in [7, 11) is 0. The van der Waals surface area contributed by atoms with Crippen molar-refractivity contribution in [2.75, 3.05) is 13.2 Å². The third-order valence-electron chi connectivity index (χ3n) is 4.15. The van der Waals surface area contributed by atoms with Crippen LogP contribution in [0.25, 0.3) is 0 Å². The Balaban J connectivity index is 1.65. The van der Waals surface area contributed by atoms with Crippen LogP contribution in [0.3, 0.4) is 0 Å². The Kier molecular flexibility index (Phi) is 5.53. The average Bonchev–Trinajstić information content (AvgIpc) is 3.30. The molecule has 1 aromatic heterocycles. The fourth-order valence-electron chi connectivity index (χ4n) is 2.91. The molecule has 136 valence electrons. The Morgan fingerprint density at radius 1 is 1.38 bits per heavy atom. The molecule has 0 aliphatic carbocycles. The Bertz CT molecular complexity index is 840. The van der Waals surface area contributed by atoms with Crippen molar-refractivity contribution in [1.82, 2.24) is 4.90 Å². The highest BCUT2D eigenvalue weighted by atomic mass is 35.5. The van der Waals surface area contributed by atoms with E-state index in [1.807, 2.05) is 17.5 Å². The van der Waals surface area contributed by atoms with Crippen molar-refractivity contribution < 1.29 is 19.2 Å². The molecule has 0 bridgehead atoms. The van der Waals surface area contributed by atoms with Crippen molar-refractivity contribution in [1.29, 1.82) is 0 Å². The first kappa shape index (κ1) is 18.3. The molecule has 3 rings (SSSR count). The predicted molar refractivity (Wildman–Crippen MR) is 96.4 cm³/mol. The summed E-state index contributed by atoms with van der Waals surface area (Å²) in [6.07, 6.45) is 1.76. The summed E-state index contributed by atoms with van der Waals surface area (Å²) in [5, 5.41) is 12.8. The second-order valence-electron chi connectivity index (χ2n) is 5.76. The van der Waals surface area contributed by atoms with E-state index in [1.165, 1.54) is 12.1 Å². The number of carbonyl (C=O) groups excluding carboxylic acids is 2. The Morgan fingerprint density at radius 3 is 2.88 bits per heavy atom. The lowest BCUT2D eigenvalue weighted by Gasteiger charge is -2.23. The number of ether oxygens (including phenoxy) is 1. The number of nitro groups is 1. The number of nitro benzene ring substituents is 1. The highest BCUT2D eigenvalue weighted by molar-refractivity contribution is 7.10. The van der Waals surface area contributed by atoms with Gasteiger partial charge in [0.05, 0.1) is 21.6 Å². The van der Waals surface area contributed by atoms with E-state index in [2.05, 4.69) is 0 Å². The Morgan fingerprint density at radius 2 is 2.19 bits per heavy atom. The third-order valence-corrected chi connectivity index (χ3v) is 5.46. The molecule has 2 aromatic rings. The number of rotatable bonds is 5.